The Morgan fingerprint density at radius 3 is 1.71 bits per heavy atom. The average molecular weight is 1440 g/mol. The number of carbonyl (C=O) groups excluding carboxylic acids is 2. The fraction of sp³-hybridized carbons (Fsp3) is 0.792. The molecule has 15 nitrogen and oxygen atoms in total. The number of hydrogen-bond acceptors (Lipinski definition) is 15. The molecular formula is C77H138O15Si5. The van der Waals surface area contributed by atoms with Crippen LogP contribution in [-0.4, -0.2) is 171 Å². The molecule has 0 radical (unpaired) electrons. The van der Waals surface area contributed by atoms with Crippen LogP contribution in [0.15, 0.2) is 79.4 Å². The highest BCUT2D eigenvalue weighted by Crippen LogP contribution is 2.49. The van der Waals surface area contributed by atoms with Crippen LogP contribution >= 0.6 is 0 Å². The molecule has 0 spiro atoms. The number of hydrogen-bond donors (Lipinski definition) is 1. The maximum absolute atomic E-state index is 14.3. The van der Waals surface area contributed by atoms with E-state index in [-0.39, 0.29) is 98.2 Å². The predicted octanol–water partition coefficient (Wildman–Crippen LogP) is 18.4. The minimum absolute atomic E-state index is 0.0189. The monoisotopic (exact) mass is 1440 g/mol. The molecule has 17 atom stereocenters. The molecule has 0 bridgehead atoms. The van der Waals surface area contributed by atoms with Crippen molar-refractivity contribution in [3.05, 3.63) is 85.0 Å². The molecule has 20 heteroatoms. The normalized spacial score (nSPS) is 28.8. The number of aliphatic hydroxyl groups is 1. The number of esters is 2. The zero-order valence-corrected chi connectivity index (χ0v) is 71.0. The number of methoxy groups -OCH3 is 2. The topological polar surface area (TPSA) is 165 Å². The molecule has 0 aromatic heterocycles. The average Bonchev–Trinajstić information content (AvgIpc) is 1.13. The molecular weight excluding hydrogens is 1310 g/mol. The first-order valence-corrected chi connectivity index (χ1v) is 51.0. The van der Waals surface area contributed by atoms with Crippen molar-refractivity contribution in [2.75, 3.05) is 20.8 Å². The van der Waals surface area contributed by atoms with E-state index in [0.717, 1.165) is 30.4 Å². The third-order valence-corrected chi connectivity index (χ3v) is 46.4. The Hall–Kier alpha value is -2.24. The van der Waals surface area contributed by atoms with E-state index in [1.807, 2.05) is 36.4 Å². The third kappa shape index (κ3) is 22.6. The van der Waals surface area contributed by atoms with Gasteiger partial charge in [0.25, 0.3) is 0 Å². The summed E-state index contributed by atoms with van der Waals surface area (Å²) in [6.07, 6.45) is 4.17. The van der Waals surface area contributed by atoms with Crippen molar-refractivity contribution in [1.82, 2.24) is 0 Å². The summed E-state index contributed by atoms with van der Waals surface area (Å²) < 4.78 is 83.4. The van der Waals surface area contributed by atoms with Crippen molar-refractivity contribution in [1.29, 1.82) is 0 Å². The minimum Gasteiger partial charge on any atom is -0.469 e. The van der Waals surface area contributed by atoms with E-state index in [4.69, 9.17) is 55.3 Å². The van der Waals surface area contributed by atoms with Gasteiger partial charge in [0.15, 0.2) is 47.7 Å². The summed E-state index contributed by atoms with van der Waals surface area (Å²) >= 11 is 0. The zero-order chi connectivity index (χ0) is 73.6. The van der Waals surface area contributed by atoms with Crippen molar-refractivity contribution in [2.45, 2.75) is 357 Å². The highest BCUT2D eigenvalue weighted by molar-refractivity contribution is 6.76. The van der Waals surface area contributed by atoms with Gasteiger partial charge in [-0.1, -0.05) is 160 Å². The van der Waals surface area contributed by atoms with Crippen molar-refractivity contribution >= 4 is 53.5 Å². The molecule has 12 unspecified atom stereocenters. The Morgan fingerprint density at radius 2 is 1.18 bits per heavy atom. The molecule has 4 aliphatic heterocycles. The maximum Gasteiger partial charge on any atom is 0.338 e. The van der Waals surface area contributed by atoms with Gasteiger partial charge in [-0.15, -0.1) is 6.58 Å². The first-order valence-electron chi connectivity index (χ1n) is 36.5. The van der Waals surface area contributed by atoms with Crippen LogP contribution in [0.1, 0.15) is 185 Å². The standard InChI is InChI=1S/C77H138O15Si5/c1-32-36-61-68(88-72(80)54-37-34-33-35-38-54)70(91-96(28,29)76(14,15)16)71(92-97(30,31)77(17,18)19)69(87-61)62(90-95(26,27)75(11,12)13)43-40-55(78)39-41-56-46-52(3)60(84-56)44-42-57-45-51(2)53(4)63(85-57)49-64-59(48-66(79)81-20)67(82-21)65(86-64)47-58(89-94(24,25)74(8,9)10)50-83-93(22,23)73(5,6)7/h32-35,37-38,40,43,51,55-65,67-71,78H,1,3-4,36,39,41-42,44-50H2,2,5-31H3/b43-40+/t51?,55?,56?,57?,58?,59?,60-,61-,62?,63?,64-,65?,67+,68?,69-,70?,71?/m0/s1. The van der Waals surface area contributed by atoms with Crippen molar-refractivity contribution in [2.24, 2.45) is 11.8 Å². The number of aliphatic hydroxyl groups excluding tert-OH is 1. The number of rotatable bonds is 31. The van der Waals surface area contributed by atoms with Crippen LogP contribution in [0, 0.1) is 11.8 Å². The van der Waals surface area contributed by atoms with E-state index < -0.39 is 90.3 Å². The molecule has 556 valence electrons. The summed E-state index contributed by atoms with van der Waals surface area (Å²) in [6.45, 7) is 72.0. The number of carbonyl (C=O) groups is 2. The lowest BCUT2D eigenvalue weighted by molar-refractivity contribution is -0.227. The lowest BCUT2D eigenvalue weighted by Gasteiger charge is -2.54. The molecule has 4 fully saturated rings. The molecule has 4 heterocycles. The van der Waals surface area contributed by atoms with Crippen LogP contribution in [0.2, 0.25) is 90.7 Å². The highest BCUT2D eigenvalue weighted by Gasteiger charge is 2.58. The first kappa shape index (κ1) is 85.4. The predicted molar refractivity (Wildman–Crippen MR) is 407 cm³/mol. The second-order valence-corrected chi connectivity index (χ2v) is 60.3. The minimum atomic E-state index is -2.65. The summed E-state index contributed by atoms with van der Waals surface area (Å²) in [5.41, 5.74) is 2.51. The smallest absolute Gasteiger partial charge is 0.338 e. The summed E-state index contributed by atoms with van der Waals surface area (Å²) in [7, 11) is -9.10. The quantitative estimate of drug-likeness (QED) is 0.0424. The van der Waals surface area contributed by atoms with Gasteiger partial charge in [-0.05, 0) is 165 Å². The van der Waals surface area contributed by atoms with Gasteiger partial charge in [-0.2, -0.15) is 0 Å². The maximum atomic E-state index is 14.3. The largest absolute Gasteiger partial charge is 0.469 e. The summed E-state index contributed by atoms with van der Waals surface area (Å²) in [6, 6.07) is 9.08. The Kier molecular flexibility index (Phi) is 29.7. The van der Waals surface area contributed by atoms with Crippen molar-refractivity contribution in [3.8, 4) is 0 Å². The number of ether oxygens (including phenoxy) is 7. The van der Waals surface area contributed by atoms with Gasteiger partial charge in [0.2, 0.25) is 0 Å². The van der Waals surface area contributed by atoms with Crippen LogP contribution in [0.5, 0.6) is 0 Å². The molecule has 4 saturated heterocycles. The van der Waals surface area contributed by atoms with Gasteiger partial charge in [-0.3, -0.25) is 4.79 Å². The van der Waals surface area contributed by atoms with Crippen molar-refractivity contribution < 1.29 is 70.0 Å². The van der Waals surface area contributed by atoms with Gasteiger partial charge in [0.05, 0.1) is 86.7 Å². The SMILES string of the molecule is C=CC[C@@H]1O[C@@H](C(/C=C/C(O)CCC2CC(=C)[C@H](CCC3CC(C)C(=C)C(C[C@@H]4OC(CC(CO[Si](C)(C)C(C)(C)C)O[Si](C)(C)C(C)(C)C)[C@H](OC)C4CC(=O)OC)O3)O2)O[Si](C)(C)C(C)(C)C)C(O[Si](C)(C)C(C)(C)C)C(O[Si](C)(C)C(C)(C)C)C1OC(=O)c1ccccc1. The van der Waals surface area contributed by atoms with Gasteiger partial charge in [-0.25, -0.2) is 4.79 Å². The molecule has 97 heavy (non-hydrogen) atoms. The van der Waals surface area contributed by atoms with Crippen molar-refractivity contribution in [3.63, 3.8) is 0 Å². The van der Waals surface area contributed by atoms with Gasteiger partial charge in [0, 0.05) is 25.9 Å². The Morgan fingerprint density at radius 1 is 0.629 bits per heavy atom. The Bertz CT molecular complexity index is 2750. The van der Waals surface area contributed by atoms with Crippen LogP contribution in [-0.2, 0) is 60.1 Å². The Labute approximate surface area is 595 Å². The first-order chi connectivity index (χ1) is 44.3. The summed E-state index contributed by atoms with van der Waals surface area (Å²) in [5, 5.41) is 11.5. The molecule has 0 saturated carbocycles. The van der Waals surface area contributed by atoms with E-state index in [1.165, 1.54) is 7.11 Å². The van der Waals surface area contributed by atoms with E-state index in [1.54, 1.807) is 19.2 Å². The van der Waals surface area contributed by atoms with Crippen LogP contribution in [0.3, 0.4) is 0 Å². The van der Waals surface area contributed by atoms with E-state index in [2.05, 4.69) is 196 Å². The van der Waals surface area contributed by atoms with E-state index in [9.17, 15) is 14.7 Å². The van der Waals surface area contributed by atoms with E-state index in [0.29, 0.717) is 50.7 Å². The molecule has 1 aromatic rings. The van der Waals surface area contributed by atoms with Gasteiger partial charge in [0.1, 0.15) is 24.4 Å². The van der Waals surface area contributed by atoms with Gasteiger partial charge < -0.3 is 60.4 Å². The second kappa shape index (κ2) is 33.7. The molecule has 0 aliphatic carbocycles. The second-order valence-electron chi connectivity index (χ2n) is 36.5. The highest BCUT2D eigenvalue weighted by atomic mass is 28.4. The fourth-order valence-corrected chi connectivity index (χ4v) is 18.5. The Balaban J connectivity index is 1.36. The zero-order valence-electron chi connectivity index (χ0n) is 66.0. The van der Waals surface area contributed by atoms with Gasteiger partial charge >= 0.3 is 11.9 Å². The molecule has 1 N–H and O–H groups in total. The molecule has 0 amide bonds. The third-order valence-electron chi connectivity index (χ3n) is 23.9. The lowest BCUT2D eigenvalue weighted by atomic mass is 9.82. The lowest BCUT2D eigenvalue weighted by Crippen LogP contribution is -2.68. The fourth-order valence-electron chi connectivity index (χ4n) is 12.3. The number of benzene rings is 1. The van der Waals surface area contributed by atoms with Crippen LogP contribution in [0.25, 0.3) is 0 Å². The summed E-state index contributed by atoms with van der Waals surface area (Å²) in [4.78, 5) is 27.5. The van der Waals surface area contributed by atoms with Crippen LogP contribution in [0.4, 0.5) is 0 Å². The van der Waals surface area contributed by atoms with Crippen LogP contribution < -0.4 is 0 Å². The summed E-state index contributed by atoms with van der Waals surface area (Å²) in [5.74, 6) is -0.855. The molecule has 5 rings (SSSR count). The van der Waals surface area contributed by atoms with E-state index >= 15 is 0 Å². The molecule has 4 aliphatic rings. The molecule has 1 aromatic carbocycles.